The Kier molecular flexibility index (Phi) is 4.37. The molecule has 134 valence electrons. The van der Waals surface area contributed by atoms with Crippen LogP contribution in [0.3, 0.4) is 0 Å². The Hall–Kier alpha value is -3.36. The third kappa shape index (κ3) is 3.23. The van der Waals surface area contributed by atoms with Crippen molar-refractivity contribution in [2.45, 2.75) is 6.18 Å². The Morgan fingerprint density at radius 3 is 2.46 bits per heavy atom. The van der Waals surface area contributed by atoms with Crippen molar-refractivity contribution in [3.8, 4) is 22.8 Å². The number of alkyl halides is 3. The molecule has 0 bridgehead atoms. The Labute approximate surface area is 145 Å². The van der Waals surface area contributed by atoms with Gasteiger partial charge in [0.05, 0.1) is 12.8 Å². The first-order valence-electron chi connectivity index (χ1n) is 7.31. The number of carbonyl (C=O) groups is 1. The summed E-state index contributed by atoms with van der Waals surface area (Å²) < 4.78 is 45.4. The van der Waals surface area contributed by atoms with Crippen molar-refractivity contribution in [1.29, 1.82) is 0 Å². The number of halogens is 3. The van der Waals surface area contributed by atoms with Gasteiger partial charge in [-0.05, 0) is 42.5 Å². The fourth-order valence-electron chi connectivity index (χ4n) is 2.38. The molecule has 0 saturated heterocycles. The van der Waals surface area contributed by atoms with Gasteiger partial charge in [0, 0.05) is 11.8 Å². The predicted octanol–water partition coefficient (Wildman–Crippen LogP) is 3.66. The number of nitrogens with zero attached hydrogens (tertiary/aromatic N) is 3. The van der Waals surface area contributed by atoms with E-state index in [1.165, 1.54) is 13.2 Å². The van der Waals surface area contributed by atoms with Crippen LogP contribution >= 0.6 is 0 Å². The average Bonchev–Trinajstić information content (AvgIpc) is 3.06. The highest BCUT2D eigenvalue weighted by Gasteiger charge is 2.36. The first kappa shape index (κ1) is 17.5. The second kappa shape index (κ2) is 6.51. The highest BCUT2D eigenvalue weighted by atomic mass is 19.4. The molecule has 0 amide bonds. The van der Waals surface area contributed by atoms with E-state index in [4.69, 9.17) is 4.74 Å². The summed E-state index contributed by atoms with van der Waals surface area (Å²) in [5, 5.41) is 13.4. The molecule has 3 aromatic rings. The SMILES string of the molecule is COc1ccc(-c2cc(C(=O)O)n(-c3ncccc3C(F)(F)F)n2)cc1. The summed E-state index contributed by atoms with van der Waals surface area (Å²) in [4.78, 5) is 15.2. The highest BCUT2D eigenvalue weighted by Crippen LogP contribution is 2.33. The molecule has 3 rings (SSSR count). The van der Waals surface area contributed by atoms with Crippen LogP contribution in [-0.2, 0) is 6.18 Å². The number of pyridine rings is 1. The first-order chi connectivity index (χ1) is 12.3. The molecule has 0 radical (unpaired) electrons. The lowest BCUT2D eigenvalue weighted by Crippen LogP contribution is -2.16. The van der Waals surface area contributed by atoms with Gasteiger partial charge in [0.1, 0.15) is 11.3 Å². The lowest BCUT2D eigenvalue weighted by Gasteiger charge is -2.12. The molecule has 1 aromatic carbocycles. The van der Waals surface area contributed by atoms with E-state index in [0.29, 0.717) is 16.0 Å². The maximum absolute atomic E-state index is 13.2. The fraction of sp³-hybridized carbons (Fsp3) is 0.118. The molecule has 0 fully saturated rings. The highest BCUT2D eigenvalue weighted by molar-refractivity contribution is 5.88. The lowest BCUT2D eigenvalue weighted by molar-refractivity contribution is -0.137. The zero-order chi connectivity index (χ0) is 18.9. The minimum absolute atomic E-state index is 0.198. The molecule has 6 nitrogen and oxygen atoms in total. The molecular formula is C17H12F3N3O3. The summed E-state index contributed by atoms with van der Waals surface area (Å²) >= 11 is 0. The largest absolute Gasteiger partial charge is 0.497 e. The third-order valence-electron chi connectivity index (χ3n) is 3.61. The molecule has 2 aromatic heterocycles. The van der Waals surface area contributed by atoms with Crippen molar-refractivity contribution in [1.82, 2.24) is 14.8 Å². The van der Waals surface area contributed by atoms with Crippen molar-refractivity contribution < 1.29 is 27.8 Å². The van der Waals surface area contributed by atoms with Gasteiger partial charge >= 0.3 is 12.1 Å². The molecule has 1 N–H and O–H groups in total. The number of methoxy groups -OCH3 is 1. The summed E-state index contributed by atoms with van der Waals surface area (Å²) in [6.45, 7) is 0. The summed E-state index contributed by atoms with van der Waals surface area (Å²) in [6.07, 6.45) is -3.56. The Balaban J connectivity index is 2.17. The number of ether oxygens (including phenoxy) is 1. The van der Waals surface area contributed by atoms with E-state index in [1.54, 1.807) is 24.3 Å². The third-order valence-corrected chi connectivity index (χ3v) is 3.61. The molecule has 26 heavy (non-hydrogen) atoms. The van der Waals surface area contributed by atoms with Crippen molar-refractivity contribution in [2.75, 3.05) is 7.11 Å². The number of hydrogen-bond acceptors (Lipinski definition) is 4. The molecular weight excluding hydrogens is 351 g/mol. The number of rotatable bonds is 4. The fourth-order valence-corrected chi connectivity index (χ4v) is 2.38. The molecule has 0 atom stereocenters. The van der Waals surface area contributed by atoms with Gasteiger partial charge in [-0.2, -0.15) is 18.3 Å². The van der Waals surface area contributed by atoms with Gasteiger partial charge < -0.3 is 9.84 Å². The molecule has 0 aliphatic heterocycles. The Morgan fingerprint density at radius 1 is 1.19 bits per heavy atom. The summed E-state index contributed by atoms with van der Waals surface area (Å²) in [5.74, 6) is -1.44. The molecule has 0 spiro atoms. The molecule has 9 heteroatoms. The van der Waals surface area contributed by atoms with Crippen molar-refractivity contribution in [2.24, 2.45) is 0 Å². The topological polar surface area (TPSA) is 77.2 Å². The van der Waals surface area contributed by atoms with Crippen LogP contribution in [-0.4, -0.2) is 33.0 Å². The van der Waals surface area contributed by atoms with Crippen LogP contribution < -0.4 is 4.74 Å². The standard InChI is InChI=1S/C17H12F3N3O3/c1-26-11-6-4-10(5-7-11)13-9-14(16(24)25)23(22-13)15-12(17(18,19)20)3-2-8-21-15/h2-9H,1H3,(H,24,25). The lowest BCUT2D eigenvalue weighted by atomic mass is 10.1. The van der Waals surface area contributed by atoms with Gasteiger partial charge in [0.2, 0.25) is 0 Å². The van der Waals surface area contributed by atoms with Gasteiger partial charge in [0.15, 0.2) is 11.5 Å². The maximum atomic E-state index is 13.2. The zero-order valence-electron chi connectivity index (χ0n) is 13.4. The van der Waals surface area contributed by atoms with E-state index in [9.17, 15) is 23.1 Å². The van der Waals surface area contributed by atoms with Crippen molar-refractivity contribution >= 4 is 5.97 Å². The second-order valence-corrected chi connectivity index (χ2v) is 5.23. The number of aromatic carboxylic acids is 1. The number of carboxylic acids is 1. The molecule has 0 unspecified atom stereocenters. The van der Waals surface area contributed by atoms with E-state index < -0.39 is 29.2 Å². The molecule has 2 heterocycles. The Morgan fingerprint density at radius 2 is 1.88 bits per heavy atom. The van der Waals surface area contributed by atoms with Crippen molar-refractivity contribution in [3.05, 3.63) is 59.9 Å². The van der Waals surface area contributed by atoms with Gasteiger partial charge in [-0.1, -0.05) is 0 Å². The van der Waals surface area contributed by atoms with Crippen LogP contribution in [0.5, 0.6) is 5.75 Å². The van der Waals surface area contributed by atoms with Gasteiger partial charge in [-0.3, -0.25) is 0 Å². The van der Waals surface area contributed by atoms with Crippen LogP contribution in [0.4, 0.5) is 13.2 Å². The van der Waals surface area contributed by atoms with Crippen LogP contribution in [0.2, 0.25) is 0 Å². The summed E-state index contributed by atoms with van der Waals surface area (Å²) in [6, 6.07) is 9.66. The van der Waals surface area contributed by atoms with Crippen molar-refractivity contribution in [3.63, 3.8) is 0 Å². The average molecular weight is 363 g/mol. The van der Waals surface area contributed by atoms with E-state index >= 15 is 0 Å². The van der Waals surface area contributed by atoms with Crippen LogP contribution in [0.15, 0.2) is 48.7 Å². The second-order valence-electron chi connectivity index (χ2n) is 5.23. The van der Waals surface area contributed by atoms with E-state index in [-0.39, 0.29) is 5.69 Å². The van der Waals surface area contributed by atoms with Gasteiger partial charge in [-0.15, -0.1) is 0 Å². The van der Waals surface area contributed by atoms with E-state index in [2.05, 4.69) is 10.1 Å². The normalized spacial score (nSPS) is 11.4. The van der Waals surface area contributed by atoms with Crippen LogP contribution in [0.25, 0.3) is 17.1 Å². The summed E-state index contributed by atoms with van der Waals surface area (Å²) in [5.41, 5.74) is -0.785. The minimum atomic E-state index is -4.70. The van der Waals surface area contributed by atoms with Gasteiger partial charge in [0.25, 0.3) is 0 Å². The number of aromatic nitrogens is 3. The minimum Gasteiger partial charge on any atom is -0.497 e. The molecule has 0 saturated carbocycles. The molecule has 0 aliphatic carbocycles. The Bertz CT molecular complexity index is 950. The smallest absolute Gasteiger partial charge is 0.420 e. The van der Waals surface area contributed by atoms with Gasteiger partial charge in [-0.25, -0.2) is 14.5 Å². The predicted molar refractivity (Wildman–Crippen MR) is 85.3 cm³/mol. The van der Waals surface area contributed by atoms with Crippen LogP contribution in [0.1, 0.15) is 16.1 Å². The quantitative estimate of drug-likeness (QED) is 0.765. The number of hydrogen-bond donors (Lipinski definition) is 1. The van der Waals surface area contributed by atoms with E-state index in [0.717, 1.165) is 18.3 Å². The van der Waals surface area contributed by atoms with E-state index in [1.807, 2.05) is 0 Å². The van der Waals surface area contributed by atoms with Crippen LogP contribution in [0, 0.1) is 0 Å². The first-order valence-corrected chi connectivity index (χ1v) is 7.31. The maximum Gasteiger partial charge on any atom is 0.420 e. The monoisotopic (exact) mass is 363 g/mol. The number of carboxylic acid groups (broad SMARTS) is 1. The summed E-state index contributed by atoms with van der Waals surface area (Å²) in [7, 11) is 1.49. The number of benzene rings is 1. The zero-order valence-corrected chi connectivity index (χ0v) is 13.4. The molecule has 0 aliphatic rings.